The Hall–Kier alpha value is -1.02. The van der Waals surface area contributed by atoms with Gasteiger partial charge in [-0.3, -0.25) is 0 Å². The average molecular weight is 248 g/mol. The molecule has 2 heteroatoms. The lowest BCUT2D eigenvalue weighted by atomic mass is 10.1. The molecule has 0 fully saturated rings. The number of nitrogens with zero attached hydrogens (tertiary/aromatic N) is 1. The first-order valence-electron chi connectivity index (χ1n) is 6.76. The van der Waals surface area contributed by atoms with Crippen LogP contribution in [0.5, 0.6) is 0 Å². The summed E-state index contributed by atoms with van der Waals surface area (Å²) in [7, 11) is 2.17. The second-order valence-electron chi connectivity index (χ2n) is 6.38. The van der Waals surface area contributed by atoms with Crippen LogP contribution in [0.1, 0.15) is 38.8 Å². The van der Waals surface area contributed by atoms with Crippen molar-refractivity contribution in [2.45, 2.75) is 53.1 Å². The maximum Gasteiger partial charge on any atom is 0.0396 e. The van der Waals surface area contributed by atoms with Crippen LogP contribution in [0.4, 0.5) is 5.69 Å². The van der Waals surface area contributed by atoms with Crippen LogP contribution in [-0.4, -0.2) is 25.2 Å². The smallest absolute Gasteiger partial charge is 0.0396 e. The van der Waals surface area contributed by atoms with Crippen molar-refractivity contribution in [3.63, 3.8) is 0 Å². The van der Waals surface area contributed by atoms with Crippen molar-refractivity contribution in [1.29, 1.82) is 0 Å². The maximum atomic E-state index is 3.56. The Morgan fingerprint density at radius 1 is 1.22 bits per heavy atom. The third-order valence-electron chi connectivity index (χ3n) is 3.32. The lowest BCUT2D eigenvalue weighted by Crippen LogP contribution is -2.45. The highest BCUT2D eigenvalue weighted by atomic mass is 15.2. The van der Waals surface area contributed by atoms with E-state index in [0.29, 0.717) is 6.04 Å². The Kier molecular flexibility index (Phi) is 4.80. The van der Waals surface area contributed by atoms with Gasteiger partial charge in [0.25, 0.3) is 0 Å². The lowest BCUT2D eigenvalue weighted by Gasteiger charge is -2.31. The van der Waals surface area contributed by atoms with Crippen LogP contribution >= 0.6 is 0 Å². The van der Waals surface area contributed by atoms with E-state index in [0.717, 1.165) is 6.54 Å². The zero-order valence-corrected chi connectivity index (χ0v) is 13.0. The van der Waals surface area contributed by atoms with Gasteiger partial charge in [-0.2, -0.15) is 0 Å². The van der Waals surface area contributed by atoms with E-state index < -0.39 is 0 Å². The van der Waals surface area contributed by atoms with Crippen LogP contribution in [0.3, 0.4) is 0 Å². The number of likely N-dealkylation sites (N-methyl/N-ethyl adjacent to an activating group) is 1. The average Bonchev–Trinajstić information content (AvgIpc) is 2.24. The summed E-state index contributed by atoms with van der Waals surface area (Å²) in [4.78, 5) is 2.35. The molecule has 0 radical (unpaired) electrons. The maximum absolute atomic E-state index is 3.56. The van der Waals surface area contributed by atoms with E-state index in [1.807, 2.05) is 0 Å². The predicted octanol–water partition coefficient (Wildman–Crippen LogP) is 3.52. The number of benzene rings is 1. The minimum absolute atomic E-state index is 0.178. The van der Waals surface area contributed by atoms with Crippen LogP contribution < -0.4 is 10.2 Å². The Balaban J connectivity index is 2.71. The highest BCUT2D eigenvalue weighted by Gasteiger charge is 2.15. The fraction of sp³-hybridized carbons (Fsp3) is 0.625. The summed E-state index contributed by atoms with van der Waals surface area (Å²) < 4.78 is 0. The number of aryl methyl sites for hydroxylation is 2. The first kappa shape index (κ1) is 15.0. The van der Waals surface area contributed by atoms with Gasteiger partial charge in [-0.1, -0.05) is 17.7 Å². The van der Waals surface area contributed by atoms with Gasteiger partial charge in [-0.05, 0) is 53.2 Å². The molecule has 0 aromatic heterocycles. The van der Waals surface area contributed by atoms with Crippen molar-refractivity contribution < 1.29 is 0 Å². The summed E-state index contributed by atoms with van der Waals surface area (Å²) in [6.45, 7) is 14.2. The normalized spacial score (nSPS) is 13.5. The largest absolute Gasteiger partial charge is 0.370 e. The van der Waals surface area contributed by atoms with E-state index in [1.165, 1.54) is 16.8 Å². The van der Waals surface area contributed by atoms with Gasteiger partial charge in [0.05, 0.1) is 0 Å². The number of nitrogens with one attached hydrogen (secondary N) is 1. The van der Waals surface area contributed by atoms with Gasteiger partial charge in [0.15, 0.2) is 0 Å². The Morgan fingerprint density at radius 3 is 2.33 bits per heavy atom. The van der Waals surface area contributed by atoms with E-state index in [4.69, 9.17) is 0 Å². The standard InChI is InChI=1S/C16H28N2/c1-12-8-9-15(13(2)10-12)18(7)14(3)11-17-16(4,5)6/h8-10,14,17H,11H2,1-7H3. The fourth-order valence-electron chi connectivity index (χ4n) is 2.03. The summed E-state index contributed by atoms with van der Waals surface area (Å²) in [5.41, 5.74) is 4.17. The zero-order chi connectivity index (χ0) is 13.9. The van der Waals surface area contributed by atoms with Gasteiger partial charge in [0.1, 0.15) is 0 Å². The van der Waals surface area contributed by atoms with Crippen molar-refractivity contribution in [3.05, 3.63) is 29.3 Å². The van der Waals surface area contributed by atoms with Crippen molar-refractivity contribution in [2.75, 3.05) is 18.5 Å². The van der Waals surface area contributed by atoms with Gasteiger partial charge < -0.3 is 10.2 Å². The SMILES string of the molecule is Cc1ccc(N(C)C(C)CNC(C)(C)C)c(C)c1. The quantitative estimate of drug-likeness (QED) is 0.877. The lowest BCUT2D eigenvalue weighted by molar-refractivity contribution is 0.408. The highest BCUT2D eigenvalue weighted by Crippen LogP contribution is 2.21. The summed E-state index contributed by atoms with van der Waals surface area (Å²) in [6.07, 6.45) is 0. The molecule has 2 nitrogen and oxygen atoms in total. The predicted molar refractivity (Wildman–Crippen MR) is 81.5 cm³/mol. The Morgan fingerprint density at radius 2 is 1.83 bits per heavy atom. The molecule has 0 spiro atoms. The van der Waals surface area contributed by atoms with Crippen LogP contribution in [0.2, 0.25) is 0 Å². The third-order valence-corrected chi connectivity index (χ3v) is 3.32. The van der Waals surface area contributed by atoms with E-state index in [-0.39, 0.29) is 5.54 Å². The first-order chi connectivity index (χ1) is 8.20. The minimum Gasteiger partial charge on any atom is -0.370 e. The van der Waals surface area contributed by atoms with Crippen molar-refractivity contribution in [3.8, 4) is 0 Å². The van der Waals surface area contributed by atoms with E-state index in [1.54, 1.807) is 0 Å². The van der Waals surface area contributed by atoms with Crippen LogP contribution in [0.15, 0.2) is 18.2 Å². The Bertz CT molecular complexity index is 391. The monoisotopic (exact) mass is 248 g/mol. The molecule has 0 aliphatic carbocycles. The van der Waals surface area contributed by atoms with Gasteiger partial charge in [0, 0.05) is 30.9 Å². The second-order valence-corrected chi connectivity index (χ2v) is 6.38. The second kappa shape index (κ2) is 5.75. The van der Waals surface area contributed by atoms with Gasteiger partial charge >= 0.3 is 0 Å². The summed E-state index contributed by atoms with van der Waals surface area (Å²) in [6, 6.07) is 7.13. The number of rotatable bonds is 4. The molecule has 1 N–H and O–H groups in total. The Labute approximate surface area is 112 Å². The van der Waals surface area contributed by atoms with Gasteiger partial charge in [-0.15, -0.1) is 0 Å². The minimum atomic E-state index is 0.178. The topological polar surface area (TPSA) is 15.3 Å². The van der Waals surface area contributed by atoms with E-state index in [9.17, 15) is 0 Å². The number of hydrogen-bond acceptors (Lipinski definition) is 2. The molecule has 0 aliphatic rings. The molecule has 18 heavy (non-hydrogen) atoms. The van der Waals surface area contributed by atoms with Gasteiger partial charge in [-0.25, -0.2) is 0 Å². The fourth-order valence-corrected chi connectivity index (χ4v) is 2.03. The first-order valence-corrected chi connectivity index (χ1v) is 6.76. The number of anilines is 1. The third kappa shape index (κ3) is 4.34. The van der Waals surface area contributed by atoms with Crippen LogP contribution in [0.25, 0.3) is 0 Å². The van der Waals surface area contributed by atoms with Crippen molar-refractivity contribution >= 4 is 5.69 Å². The van der Waals surface area contributed by atoms with Crippen molar-refractivity contribution in [2.24, 2.45) is 0 Å². The molecule has 102 valence electrons. The molecular weight excluding hydrogens is 220 g/mol. The van der Waals surface area contributed by atoms with Crippen molar-refractivity contribution in [1.82, 2.24) is 5.32 Å². The molecule has 1 unspecified atom stereocenters. The summed E-state index contributed by atoms with van der Waals surface area (Å²) in [5, 5.41) is 3.56. The molecular formula is C16H28N2. The number of hydrogen-bond donors (Lipinski definition) is 1. The molecule has 0 saturated carbocycles. The van der Waals surface area contributed by atoms with Crippen LogP contribution in [0, 0.1) is 13.8 Å². The van der Waals surface area contributed by atoms with E-state index >= 15 is 0 Å². The van der Waals surface area contributed by atoms with Gasteiger partial charge in [0.2, 0.25) is 0 Å². The van der Waals surface area contributed by atoms with Crippen LogP contribution in [-0.2, 0) is 0 Å². The zero-order valence-electron chi connectivity index (χ0n) is 13.0. The van der Waals surface area contributed by atoms with E-state index in [2.05, 4.69) is 77.0 Å². The molecule has 1 rings (SSSR count). The molecule has 1 atom stereocenters. The molecule has 1 aromatic carbocycles. The molecule has 0 heterocycles. The molecule has 0 amide bonds. The summed E-state index contributed by atoms with van der Waals surface area (Å²) in [5.74, 6) is 0. The molecule has 0 saturated heterocycles. The molecule has 0 aliphatic heterocycles. The molecule has 0 bridgehead atoms. The molecule has 1 aromatic rings. The highest BCUT2D eigenvalue weighted by molar-refractivity contribution is 5.54. The summed E-state index contributed by atoms with van der Waals surface area (Å²) >= 11 is 0.